The van der Waals surface area contributed by atoms with E-state index >= 15 is 0 Å². The number of halogens is 1. The average Bonchev–Trinajstić information content (AvgIpc) is 2.74. The van der Waals surface area contributed by atoms with Gasteiger partial charge in [-0.2, -0.15) is 4.37 Å². The van der Waals surface area contributed by atoms with Crippen molar-refractivity contribution in [2.75, 3.05) is 12.4 Å². The predicted molar refractivity (Wildman–Crippen MR) is 70.6 cm³/mol. The van der Waals surface area contributed by atoms with Gasteiger partial charge in [-0.05, 0) is 25.1 Å². The highest BCUT2D eigenvalue weighted by Crippen LogP contribution is 2.25. The van der Waals surface area contributed by atoms with Gasteiger partial charge < -0.3 is 4.74 Å². The van der Waals surface area contributed by atoms with Crippen LogP contribution in [-0.4, -0.2) is 22.4 Å². The number of amides is 1. The lowest BCUT2D eigenvalue weighted by Crippen LogP contribution is -2.11. The van der Waals surface area contributed by atoms with Crippen molar-refractivity contribution < 1.29 is 9.53 Å². The van der Waals surface area contributed by atoms with E-state index in [1.54, 1.807) is 25.1 Å². The fourth-order valence-electron chi connectivity index (χ4n) is 1.32. The van der Waals surface area contributed by atoms with E-state index in [9.17, 15) is 4.79 Å². The zero-order chi connectivity index (χ0) is 13.1. The van der Waals surface area contributed by atoms with Crippen molar-refractivity contribution in [3.63, 3.8) is 0 Å². The Morgan fingerprint density at radius 3 is 2.83 bits per heavy atom. The second kappa shape index (κ2) is 5.32. The number of carbonyl (C=O) groups excluding carboxylic acids is 1. The summed E-state index contributed by atoms with van der Waals surface area (Å²) < 4.78 is 9.00. The van der Waals surface area contributed by atoms with Gasteiger partial charge in [-0.15, -0.1) is 0 Å². The summed E-state index contributed by atoms with van der Waals surface area (Å²) in [6.07, 6.45) is 0. The first-order valence-electron chi connectivity index (χ1n) is 5.05. The molecule has 2 aromatic rings. The van der Waals surface area contributed by atoms with Crippen LogP contribution in [0.2, 0.25) is 5.02 Å². The molecule has 0 saturated carbocycles. The first-order chi connectivity index (χ1) is 8.60. The summed E-state index contributed by atoms with van der Waals surface area (Å²) >= 11 is 7.08. The van der Waals surface area contributed by atoms with Crippen LogP contribution in [0.25, 0.3) is 0 Å². The third kappa shape index (κ3) is 2.77. The lowest BCUT2D eigenvalue weighted by molar-refractivity contribution is 0.102. The number of rotatable bonds is 3. The van der Waals surface area contributed by atoms with Crippen molar-refractivity contribution in [1.82, 2.24) is 9.36 Å². The molecule has 1 aromatic heterocycles. The Labute approximate surface area is 113 Å². The van der Waals surface area contributed by atoms with Gasteiger partial charge in [-0.3, -0.25) is 10.1 Å². The Kier molecular flexibility index (Phi) is 3.78. The van der Waals surface area contributed by atoms with Crippen LogP contribution in [-0.2, 0) is 0 Å². The van der Waals surface area contributed by atoms with Crippen LogP contribution in [0.15, 0.2) is 18.2 Å². The lowest BCUT2D eigenvalue weighted by Gasteiger charge is -2.05. The van der Waals surface area contributed by atoms with Crippen molar-refractivity contribution >= 4 is 34.2 Å². The number of nitrogens with one attached hydrogen (secondary N) is 1. The Bertz CT molecular complexity index is 585. The fraction of sp³-hybridized carbons (Fsp3) is 0.182. The minimum absolute atomic E-state index is 0.282. The summed E-state index contributed by atoms with van der Waals surface area (Å²) in [6, 6.07) is 4.82. The molecule has 1 N–H and O–H groups in total. The molecule has 0 saturated heterocycles. The number of aryl methyl sites for hydroxylation is 1. The molecule has 0 aliphatic carbocycles. The van der Waals surface area contributed by atoms with E-state index in [-0.39, 0.29) is 5.91 Å². The van der Waals surface area contributed by atoms with Crippen LogP contribution < -0.4 is 10.1 Å². The maximum Gasteiger partial charge on any atom is 0.257 e. The van der Waals surface area contributed by atoms with Crippen LogP contribution in [0, 0.1) is 6.92 Å². The molecule has 0 unspecified atom stereocenters. The second-order valence-corrected chi connectivity index (χ2v) is 4.61. The molecule has 1 amide bonds. The van der Waals surface area contributed by atoms with Gasteiger partial charge in [-0.1, -0.05) is 11.6 Å². The van der Waals surface area contributed by atoms with Crippen LogP contribution in [0.1, 0.15) is 16.2 Å². The number of nitrogens with zero attached hydrogens (tertiary/aromatic N) is 2. The summed E-state index contributed by atoms with van der Waals surface area (Å²) in [5.41, 5.74) is 0.439. The van der Waals surface area contributed by atoms with Gasteiger partial charge in [0.15, 0.2) is 0 Å². The van der Waals surface area contributed by atoms with Crippen LogP contribution in [0.5, 0.6) is 5.75 Å². The van der Waals surface area contributed by atoms with E-state index in [0.717, 1.165) is 11.5 Å². The van der Waals surface area contributed by atoms with Gasteiger partial charge in [0.25, 0.3) is 5.91 Å². The molecular formula is C11H10ClN3O2S. The Hall–Kier alpha value is -1.66. The molecule has 0 aliphatic heterocycles. The Balaban J connectivity index is 2.16. The maximum atomic E-state index is 11.9. The molecule has 7 heteroatoms. The molecule has 0 spiro atoms. The molecule has 0 bridgehead atoms. The molecule has 1 aromatic carbocycles. The number of hydrogen-bond donors (Lipinski definition) is 1. The van der Waals surface area contributed by atoms with Crippen molar-refractivity contribution in [3.8, 4) is 5.75 Å². The van der Waals surface area contributed by atoms with Crippen LogP contribution in [0.4, 0.5) is 5.13 Å². The van der Waals surface area contributed by atoms with Gasteiger partial charge in [0.05, 0.1) is 12.1 Å². The highest BCUT2D eigenvalue weighted by Gasteiger charge is 2.11. The standard InChI is InChI=1S/C11H10ClN3O2S/c1-6-13-11(18-15-6)14-10(16)7-3-4-9(17-2)8(12)5-7/h3-5H,1-2H3,(H,13,14,15,16). The van der Waals surface area contributed by atoms with Crippen molar-refractivity contribution in [2.24, 2.45) is 0 Å². The largest absolute Gasteiger partial charge is 0.495 e. The summed E-state index contributed by atoms with van der Waals surface area (Å²) in [7, 11) is 1.52. The summed E-state index contributed by atoms with van der Waals surface area (Å²) in [6.45, 7) is 1.76. The SMILES string of the molecule is COc1ccc(C(=O)Nc2nc(C)ns2)cc1Cl. The summed E-state index contributed by atoms with van der Waals surface area (Å²) in [5.74, 6) is 0.874. The van der Waals surface area contributed by atoms with E-state index in [1.807, 2.05) is 0 Å². The number of carbonyl (C=O) groups is 1. The third-order valence-corrected chi connectivity index (χ3v) is 3.18. The van der Waals surface area contributed by atoms with E-state index < -0.39 is 0 Å². The first kappa shape index (κ1) is 12.8. The summed E-state index contributed by atoms with van der Waals surface area (Å²) in [4.78, 5) is 16.0. The van der Waals surface area contributed by atoms with Crippen LogP contribution in [0.3, 0.4) is 0 Å². The number of methoxy groups -OCH3 is 1. The quantitative estimate of drug-likeness (QED) is 0.941. The monoisotopic (exact) mass is 283 g/mol. The van der Waals surface area contributed by atoms with E-state index in [1.165, 1.54) is 7.11 Å². The number of anilines is 1. The molecule has 1 heterocycles. The molecule has 5 nitrogen and oxygen atoms in total. The molecule has 94 valence electrons. The van der Waals surface area contributed by atoms with Gasteiger partial charge in [0, 0.05) is 17.1 Å². The molecule has 0 radical (unpaired) electrons. The summed E-state index contributed by atoms with van der Waals surface area (Å²) in [5, 5.41) is 3.50. The first-order valence-corrected chi connectivity index (χ1v) is 6.20. The van der Waals surface area contributed by atoms with E-state index in [4.69, 9.17) is 16.3 Å². The zero-order valence-electron chi connectivity index (χ0n) is 9.73. The van der Waals surface area contributed by atoms with Crippen molar-refractivity contribution in [1.29, 1.82) is 0 Å². The molecular weight excluding hydrogens is 274 g/mol. The zero-order valence-corrected chi connectivity index (χ0v) is 11.3. The molecule has 0 atom stereocenters. The highest BCUT2D eigenvalue weighted by molar-refractivity contribution is 7.09. The van der Waals surface area contributed by atoms with Gasteiger partial charge in [-0.25, -0.2) is 4.98 Å². The third-order valence-electron chi connectivity index (χ3n) is 2.16. The minimum Gasteiger partial charge on any atom is -0.495 e. The Morgan fingerprint density at radius 2 is 2.28 bits per heavy atom. The van der Waals surface area contributed by atoms with Gasteiger partial charge in [0.1, 0.15) is 11.6 Å². The smallest absolute Gasteiger partial charge is 0.257 e. The van der Waals surface area contributed by atoms with E-state index in [2.05, 4.69) is 14.7 Å². The number of aromatic nitrogens is 2. The lowest BCUT2D eigenvalue weighted by atomic mass is 10.2. The minimum atomic E-state index is -0.282. The second-order valence-electron chi connectivity index (χ2n) is 3.45. The Morgan fingerprint density at radius 1 is 1.50 bits per heavy atom. The van der Waals surface area contributed by atoms with E-state index in [0.29, 0.717) is 27.3 Å². The number of ether oxygens (including phenoxy) is 1. The molecule has 0 aliphatic rings. The highest BCUT2D eigenvalue weighted by atomic mass is 35.5. The predicted octanol–water partition coefficient (Wildman–Crippen LogP) is 2.76. The topological polar surface area (TPSA) is 64.1 Å². The number of hydrogen-bond acceptors (Lipinski definition) is 5. The molecule has 0 fully saturated rings. The van der Waals surface area contributed by atoms with Crippen molar-refractivity contribution in [2.45, 2.75) is 6.92 Å². The normalized spacial score (nSPS) is 10.2. The maximum absolute atomic E-state index is 11.9. The molecule has 2 rings (SSSR count). The van der Waals surface area contributed by atoms with Gasteiger partial charge >= 0.3 is 0 Å². The number of benzene rings is 1. The fourth-order valence-corrected chi connectivity index (χ4v) is 2.15. The average molecular weight is 284 g/mol. The molecule has 18 heavy (non-hydrogen) atoms. The van der Waals surface area contributed by atoms with Crippen LogP contribution >= 0.6 is 23.1 Å². The van der Waals surface area contributed by atoms with Gasteiger partial charge in [0.2, 0.25) is 5.13 Å². The van der Waals surface area contributed by atoms with Crippen molar-refractivity contribution in [3.05, 3.63) is 34.6 Å².